The minimum atomic E-state index is -0.194. The number of nitriles is 1. The van der Waals surface area contributed by atoms with Gasteiger partial charge in [0.25, 0.3) is 5.91 Å². The highest BCUT2D eigenvalue weighted by molar-refractivity contribution is 6.04. The molecule has 0 saturated carbocycles. The molecule has 0 aromatic heterocycles. The number of aryl methyl sites for hydroxylation is 1. The first-order valence-corrected chi connectivity index (χ1v) is 13.3. The van der Waals surface area contributed by atoms with Gasteiger partial charge in [-0.15, -0.1) is 0 Å². The Labute approximate surface area is 227 Å². The van der Waals surface area contributed by atoms with Crippen LogP contribution in [-0.2, 0) is 6.42 Å². The number of benzene rings is 3. The molecule has 0 unspecified atom stereocenters. The topological polar surface area (TPSA) is 74.6 Å². The molecule has 3 aromatic rings. The quantitative estimate of drug-likeness (QED) is 0.250. The summed E-state index contributed by atoms with van der Waals surface area (Å²) in [6.45, 7) is 10.3. The summed E-state index contributed by atoms with van der Waals surface area (Å²) < 4.78 is 11.5. The third kappa shape index (κ3) is 8.09. The van der Waals surface area contributed by atoms with Crippen molar-refractivity contribution in [3.63, 3.8) is 0 Å². The molecule has 200 valence electrons. The van der Waals surface area contributed by atoms with Gasteiger partial charge >= 0.3 is 0 Å². The molecule has 3 rings (SSSR count). The molecule has 6 heteroatoms. The first kappa shape index (κ1) is 28.7. The van der Waals surface area contributed by atoms with E-state index in [0.29, 0.717) is 47.9 Å². The first-order chi connectivity index (χ1) is 18.3. The molecule has 1 N–H and O–H groups in total. The van der Waals surface area contributed by atoms with E-state index >= 15 is 0 Å². The maximum absolute atomic E-state index is 12.9. The minimum absolute atomic E-state index is 0.194. The number of amides is 1. The van der Waals surface area contributed by atoms with Gasteiger partial charge in [0, 0.05) is 42.4 Å². The van der Waals surface area contributed by atoms with Crippen molar-refractivity contribution in [2.24, 2.45) is 0 Å². The predicted octanol–water partition coefficient (Wildman–Crippen LogP) is 6.96. The van der Waals surface area contributed by atoms with Crippen LogP contribution in [0.1, 0.15) is 56.5 Å². The van der Waals surface area contributed by atoms with Gasteiger partial charge < -0.3 is 14.8 Å². The van der Waals surface area contributed by atoms with Crippen LogP contribution in [0.15, 0.2) is 66.7 Å². The highest BCUT2D eigenvalue weighted by atomic mass is 16.5. The molecular formula is C32H39N3O3. The lowest BCUT2D eigenvalue weighted by molar-refractivity contribution is 0.102. The van der Waals surface area contributed by atoms with Crippen LogP contribution >= 0.6 is 0 Å². The number of carbonyl (C=O) groups excluding carboxylic acids is 1. The molecule has 0 heterocycles. The number of hydrogen-bond donors (Lipinski definition) is 1. The summed E-state index contributed by atoms with van der Waals surface area (Å²) in [5.41, 5.74) is 4.42. The molecule has 0 aliphatic carbocycles. The molecule has 1 amide bonds. The summed E-state index contributed by atoms with van der Waals surface area (Å²) in [7, 11) is 1.61. The van der Waals surface area contributed by atoms with Gasteiger partial charge in [0.2, 0.25) is 0 Å². The molecule has 0 aliphatic rings. The van der Waals surface area contributed by atoms with E-state index in [1.807, 2.05) is 54.6 Å². The number of anilines is 1. The maximum Gasteiger partial charge on any atom is 0.255 e. The zero-order valence-electron chi connectivity index (χ0n) is 23.2. The van der Waals surface area contributed by atoms with Gasteiger partial charge in [-0.3, -0.25) is 9.69 Å². The van der Waals surface area contributed by atoms with Crippen molar-refractivity contribution < 1.29 is 14.3 Å². The van der Waals surface area contributed by atoms with E-state index in [4.69, 9.17) is 14.7 Å². The van der Waals surface area contributed by atoms with Crippen LogP contribution in [0.4, 0.5) is 5.69 Å². The van der Waals surface area contributed by atoms with Crippen LogP contribution in [0.5, 0.6) is 11.5 Å². The predicted molar refractivity (Wildman–Crippen MR) is 154 cm³/mol. The van der Waals surface area contributed by atoms with Gasteiger partial charge in [-0.1, -0.05) is 36.4 Å². The summed E-state index contributed by atoms with van der Waals surface area (Å²) in [6, 6.07) is 24.3. The number of hydrogen-bond acceptors (Lipinski definition) is 5. The average Bonchev–Trinajstić information content (AvgIpc) is 2.91. The normalized spacial score (nSPS) is 11.0. The number of rotatable bonds is 13. The van der Waals surface area contributed by atoms with Gasteiger partial charge in [-0.2, -0.15) is 5.26 Å². The van der Waals surface area contributed by atoms with E-state index < -0.39 is 0 Å². The van der Waals surface area contributed by atoms with Crippen molar-refractivity contribution in [2.75, 3.05) is 25.6 Å². The molecule has 0 radical (unpaired) electrons. The second-order valence-electron chi connectivity index (χ2n) is 9.88. The molecule has 0 spiro atoms. The minimum Gasteiger partial charge on any atom is -0.493 e. The SMILES string of the molecule is COc1ccc(NC(=O)c2ccc(-c3cccc(CCC#N)c3)cc2)cc1OCCCN(C(C)C)C(C)C. The summed E-state index contributed by atoms with van der Waals surface area (Å²) in [5, 5.41) is 11.8. The summed E-state index contributed by atoms with van der Waals surface area (Å²) in [5.74, 6) is 1.05. The molecule has 0 aliphatic heterocycles. The van der Waals surface area contributed by atoms with Gasteiger partial charge in [0.15, 0.2) is 11.5 Å². The summed E-state index contributed by atoms with van der Waals surface area (Å²) >= 11 is 0. The average molecular weight is 514 g/mol. The first-order valence-electron chi connectivity index (χ1n) is 13.3. The van der Waals surface area contributed by atoms with Crippen molar-refractivity contribution in [1.29, 1.82) is 5.26 Å². The number of ether oxygens (including phenoxy) is 2. The second kappa shape index (κ2) is 14.2. The molecule has 0 bridgehead atoms. The number of nitrogens with one attached hydrogen (secondary N) is 1. The number of carbonyl (C=O) groups is 1. The fraction of sp³-hybridized carbons (Fsp3) is 0.375. The van der Waals surface area contributed by atoms with Crippen LogP contribution in [0.25, 0.3) is 11.1 Å². The highest BCUT2D eigenvalue weighted by Crippen LogP contribution is 2.31. The monoisotopic (exact) mass is 513 g/mol. The van der Waals surface area contributed by atoms with Crippen LogP contribution in [0, 0.1) is 11.3 Å². The zero-order valence-corrected chi connectivity index (χ0v) is 23.2. The molecular weight excluding hydrogens is 474 g/mol. The lowest BCUT2D eigenvalue weighted by atomic mass is 10.00. The molecule has 0 fully saturated rings. The van der Waals surface area contributed by atoms with Crippen LogP contribution in [-0.4, -0.2) is 43.2 Å². The van der Waals surface area contributed by atoms with Crippen LogP contribution in [0.3, 0.4) is 0 Å². The van der Waals surface area contributed by atoms with E-state index in [9.17, 15) is 4.79 Å². The Hall–Kier alpha value is -3.82. The molecule has 6 nitrogen and oxygen atoms in total. The maximum atomic E-state index is 12.9. The van der Waals surface area contributed by atoms with Gasteiger partial charge in [-0.05, 0) is 81.5 Å². The van der Waals surface area contributed by atoms with E-state index in [0.717, 1.165) is 36.1 Å². The van der Waals surface area contributed by atoms with Crippen molar-refractivity contribution in [1.82, 2.24) is 4.90 Å². The largest absolute Gasteiger partial charge is 0.493 e. The van der Waals surface area contributed by atoms with Crippen LogP contribution < -0.4 is 14.8 Å². The van der Waals surface area contributed by atoms with Crippen LogP contribution in [0.2, 0.25) is 0 Å². The van der Waals surface area contributed by atoms with Gasteiger partial charge in [0.05, 0.1) is 19.8 Å². The Kier molecular flexibility index (Phi) is 10.7. The van der Waals surface area contributed by atoms with E-state index in [2.05, 4.69) is 50.0 Å². The molecule has 3 aromatic carbocycles. The Morgan fingerprint density at radius 3 is 2.34 bits per heavy atom. The number of methoxy groups -OCH3 is 1. The number of nitrogens with zero attached hydrogens (tertiary/aromatic N) is 2. The second-order valence-corrected chi connectivity index (χ2v) is 9.88. The van der Waals surface area contributed by atoms with Gasteiger partial charge in [-0.25, -0.2) is 0 Å². The fourth-order valence-corrected chi connectivity index (χ4v) is 4.53. The van der Waals surface area contributed by atoms with E-state index in [1.54, 1.807) is 13.2 Å². The Balaban J connectivity index is 1.63. The Bertz CT molecular complexity index is 1220. The molecule has 38 heavy (non-hydrogen) atoms. The van der Waals surface area contributed by atoms with Crippen molar-refractivity contribution in [3.8, 4) is 28.7 Å². The molecule has 0 saturated heterocycles. The van der Waals surface area contributed by atoms with Crippen molar-refractivity contribution in [3.05, 3.63) is 77.9 Å². The Morgan fingerprint density at radius 1 is 0.947 bits per heavy atom. The third-order valence-electron chi connectivity index (χ3n) is 6.50. The smallest absolute Gasteiger partial charge is 0.255 e. The van der Waals surface area contributed by atoms with Crippen molar-refractivity contribution in [2.45, 2.75) is 59.0 Å². The van der Waals surface area contributed by atoms with Gasteiger partial charge in [0.1, 0.15) is 0 Å². The molecule has 0 atom stereocenters. The third-order valence-corrected chi connectivity index (χ3v) is 6.50. The highest BCUT2D eigenvalue weighted by Gasteiger charge is 2.14. The lowest BCUT2D eigenvalue weighted by Crippen LogP contribution is -2.38. The van der Waals surface area contributed by atoms with Crippen molar-refractivity contribution >= 4 is 11.6 Å². The standard InChI is InChI=1S/C32H39N3O3/c1-23(2)35(24(3)4)19-8-20-38-31-22-29(16-17-30(31)37-5)34-32(36)27-14-12-26(13-15-27)28-11-6-9-25(21-28)10-7-18-33/h6,9,11-17,21-24H,7-8,10,19-20H2,1-5H3,(H,34,36). The van der Waals surface area contributed by atoms with E-state index in [-0.39, 0.29) is 5.91 Å². The fourth-order valence-electron chi connectivity index (χ4n) is 4.53. The summed E-state index contributed by atoms with van der Waals surface area (Å²) in [6.07, 6.45) is 2.12. The van der Waals surface area contributed by atoms with E-state index in [1.165, 1.54) is 0 Å². The lowest BCUT2D eigenvalue weighted by Gasteiger charge is -2.30. The summed E-state index contributed by atoms with van der Waals surface area (Å²) in [4.78, 5) is 15.4. The zero-order chi connectivity index (χ0) is 27.5. The Morgan fingerprint density at radius 2 is 1.68 bits per heavy atom.